The summed E-state index contributed by atoms with van der Waals surface area (Å²) in [6.45, 7) is 4.69. The second-order valence-electron chi connectivity index (χ2n) is 6.85. The van der Waals surface area contributed by atoms with Gasteiger partial charge in [-0.1, -0.05) is 32.6 Å². The van der Waals surface area contributed by atoms with Crippen LogP contribution in [0.2, 0.25) is 0 Å². The van der Waals surface area contributed by atoms with Crippen molar-refractivity contribution < 1.29 is 4.79 Å². The minimum atomic E-state index is -0.101. The summed E-state index contributed by atoms with van der Waals surface area (Å²) in [7, 11) is 1.97. The molecule has 2 N–H and O–H groups in total. The van der Waals surface area contributed by atoms with Crippen LogP contribution in [0.5, 0.6) is 0 Å². The summed E-state index contributed by atoms with van der Waals surface area (Å²) in [5.41, 5.74) is 5.99. The molecule has 0 radical (unpaired) electrons. The van der Waals surface area contributed by atoms with Gasteiger partial charge in [0.2, 0.25) is 0 Å². The van der Waals surface area contributed by atoms with Gasteiger partial charge < -0.3 is 15.5 Å². The van der Waals surface area contributed by atoms with Gasteiger partial charge in [0, 0.05) is 26.7 Å². The fourth-order valence-electron chi connectivity index (χ4n) is 3.68. The Balaban J connectivity index is 2.03. The highest BCUT2D eigenvalue weighted by molar-refractivity contribution is 5.75. The van der Waals surface area contributed by atoms with E-state index in [0.717, 1.165) is 44.7 Å². The fraction of sp³-hybridized carbons (Fsp3) is 0.938. The Labute approximate surface area is 123 Å². The van der Waals surface area contributed by atoms with Crippen LogP contribution in [-0.4, -0.2) is 48.1 Å². The maximum atomic E-state index is 12.8. The molecule has 0 spiro atoms. The number of nitrogens with zero attached hydrogens (tertiary/aromatic N) is 2. The van der Waals surface area contributed by atoms with Crippen LogP contribution < -0.4 is 5.73 Å². The molecule has 0 aromatic rings. The van der Waals surface area contributed by atoms with Gasteiger partial charge in [-0.2, -0.15) is 0 Å². The average Bonchev–Trinajstić information content (AvgIpc) is 2.73. The summed E-state index contributed by atoms with van der Waals surface area (Å²) < 4.78 is 0. The van der Waals surface area contributed by atoms with Crippen LogP contribution >= 0.6 is 0 Å². The highest BCUT2D eigenvalue weighted by atomic mass is 16.2. The number of carbonyl (C=O) groups excluding carboxylic acids is 1. The summed E-state index contributed by atoms with van der Waals surface area (Å²) in [4.78, 5) is 16.8. The van der Waals surface area contributed by atoms with Gasteiger partial charge >= 0.3 is 6.03 Å². The number of likely N-dealkylation sites (tertiary alicyclic amines) is 1. The van der Waals surface area contributed by atoms with Crippen molar-refractivity contribution in [3.8, 4) is 0 Å². The van der Waals surface area contributed by atoms with E-state index < -0.39 is 0 Å². The molecule has 0 atom stereocenters. The summed E-state index contributed by atoms with van der Waals surface area (Å²) >= 11 is 0. The van der Waals surface area contributed by atoms with Gasteiger partial charge in [-0.15, -0.1) is 0 Å². The van der Waals surface area contributed by atoms with Crippen molar-refractivity contribution in [3.05, 3.63) is 0 Å². The van der Waals surface area contributed by atoms with E-state index in [9.17, 15) is 4.79 Å². The zero-order valence-electron chi connectivity index (χ0n) is 13.2. The number of urea groups is 1. The molecule has 0 aromatic carbocycles. The molecular formula is C16H31N3O. The number of rotatable bonds is 2. The largest absolute Gasteiger partial charge is 0.328 e. The molecule has 4 nitrogen and oxygen atoms in total. The minimum absolute atomic E-state index is 0.101. The molecule has 1 aliphatic carbocycles. The molecule has 1 heterocycles. The lowest BCUT2D eigenvalue weighted by Gasteiger charge is -2.44. The molecule has 20 heavy (non-hydrogen) atoms. The molecular weight excluding hydrogens is 250 g/mol. The van der Waals surface area contributed by atoms with E-state index >= 15 is 0 Å². The molecule has 1 saturated heterocycles. The lowest BCUT2D eigenvalue weighted by Crippen LogP contribution is -2.58. The second-order valence-corrected chi connectivity index (χ2v) is 6.85. The van der Waals surface area contributed by atoms with Crippen molar-refractivity contribution in [1.29, 1.82) is 0 Å². The first-order chi connectivity index (χ1) is 9.59. The first kappa shape index (κ1) is 15.6. The van der Waals surface area contributed by atoms with Crippen LogP contribution in [0.25, 0.3) is 0 Å². The number of hydrogen-bond donors (Lipinski definition) is 1. The monoisotopic (exact) mass is 281 g/mol. The Morgan fingerprint density at radius 2 is 1.75 bits per heavy atom. The summed E-state index contributed by atoms with van der Waals surface area (Å²) in [6.07, 6.45) is 9.37. The zero-order chi connectivity index (χ0) is 14.6. The standard InChI is InChI=1S/C16H31N3O/c1-14-7-11-19(12-8-14)15(20)18(2)16(13-17)9-5-3-4-6-10-16/h14H,3-13,17H2,1-2H3. The zero-order valence-corrected chi connectivity index (χ0v) is 13.2. The van der Waals surface area contributed by atoms with Crippen molar-refractivity contribution in [2.45, 2.75) is 63.8 Å². The summed E-state index contributed by atoms with van der Waals surface area (Å²) in [5, 5.41) is 0. The van der Waals surface area contributed by atoms with E-state index in [4.69, 9.17) is 5.73 Å². The number of carbonyl (C=O) groups is 1. The average molecular weight is 281 g/mol. The van der Waals surface area contributed by atoms with E-state index in [2.05, 4.69) is 6.92 Å². The van der Waals surface area contributed by atoms with Crippen molar-refractivity contribution in [3.63, 3.8) is 0 Å². The van der Waals surface area contributed by atoms with Gasteiger partial charge in [-0.05, 0) is 31.6 Å². The van der Waals surface area contributed by atoms with Gasteiger partial charge in [0.05, 0.1) is 5.54 Å². The van der Waals surface area contributed by atoms with Crippen molar-refractivity contribution >= 4 is 6.03 Å². The van der Waals surface area contributed by atoms with Gasteiger partial charge in [-0.3, -0.25) is 0 Å². The van der Waals surface area contributed by atoms with E-state index in [0.29, 0.717) is 6.54 Å². The highest BCUT2D eigenvalue weighted by Gasteiger charge is 2.38. The maximum absolute atomic E-state index is 12.8. The molecule has 116 valence electrons. The molecule has 2 rings (SSSR count). The third-order valence-corrected chi connectivity index (χ3v) is 5.47. The SMILES string of the molecule is CC1CCN(C(=O)N(C)C2(CN)CCCCCC2)CC1. The van der Waals surface area contributed by atoms with Gasteiger partial charge in [0.15, 0.2) is 0 Å². The van der Waals surface area contributed by atoms with Crippen LogP contribution in [0.4, 0.5) is 4.79 Å². The van der Waals surface area contributed by atoms with Crippen molar-refractivity contribution in [1.82, 2.24) is 9.80 Å². The summed E-state index contributed by atoms with van der Waals surface area (Å²) in [5.74, 6) is 0.755. The Kier molecular flexibility index (Phi) is 5.30. The number of amides is 2. The number of nitrogens with two attached hydrogens (primary N) is 1. The van der Waals surface area contributed by atoms with E-state index in [-0.39, 0.29) is 11.6 Å². The molecule has 2 aliphatic rings. The molecule has 0 aromatic heterocycles. The van der Waals surface area contributed by atoms with Crippen LogP contribution in [0.15, 0.2) is 0 Å². The topological polar surface area (TPSA) is 49.6 Å². The van der Waals surface area contributed by atoms with Crippen molar-refractivity contribution in [2.75, 3.05) is 26.7 Å². The van der Waals surface area contributed by atoms with Gasteiger partial charge in [-0.25, -0.2) is 4.79 Å². The predicted molar refractivity (Wildman–Crippen MR) is 82.6 cm³/mol. The lowest BCUT2D eigenvalue weighted by atomic mass is 9.88. The van der Waals surface area contributed by atoms with Crippen LogP contribution in [-0.2, 0) is 0 Å². The molecule has 2 amide bonds. The second kappa shape index (κ2) is 6.79. The third-order valence-electron chi connectivity index (χ3n) is 5.47. The normalized spacial score (nSPS) is 24.2. The Hall–Kier alpha value is -0.770. The molecule has 1 saturated carbocycles. The molecule has 0 unspecified atom stereocenters. The Morgan fingerprint density at radius 1 is 1.20 bits per heavy atom. The quantitative estimate of drug-likeness (QED) is 0.791. The molecule has 4 heteroatoms. The van der Waals surface area contributed by atoms with Gasteiger partial charge in [0.25, 0.3) is 0 Å². The molecule has 2 fully saturated rings. The Morgan fingerprint density at radius 3 is 2.25 bits per heavy atom. The number of hydrogen-bond acceptors (Lipinski definition) is 2. The Bertz CT molecular complexity index is 316. The summed E-state index contributed by atoms with van der Waals surface area (Å²) in [6, 6.07) is 0.198. The lowest BCUT2D eigenvalue weighted by molar-refractivity contribution is 0.0855. The van der Waals surface area contributed by atoms with E-state index in [1.54, 1.807) is 0 Å². The predicted octanol–water partition coefficient (Wildman–Crippen LogP) is 2.82. The minimum Gasteiger partial charge on any atom is -0.328 e. The van der Waals surface area contributed by atoms with Crippen LogP contribution in [0.3, 0.4) is 0 Å². The smallest absolute Gasteiger partial charge is 0.320 e. The first-order valence-electron chi connectivity index (χ1n) is 8.32. The number of piperidine rings is 1. The number of likely N-dealkylation sites (N-methyl/N-ethyl adjacent to an activating group) is 1. The van der Waals surface area contributed by atoms with E-state index in [1.165, 1.54) is 25.7 Å². The first-order valence-corrected chi connectivity index (χ1v) is 8.32. The highest BCUT2D eigenvalue weighted by Crippen LogP contribution is 2.32. The van der Waals surface area contributed by atoms with Crippen LogP contribution in [0.1, 0.15) is 58.3 Å². The van der Waals surface area contributed by atoms with Crippen molar-refractivity contribution in [2.24, 2.45) is 11.7 Å². The molecule has 1 aliphatic heterocycles. The maximum Gasteiger partial charge on any atom is 0.320 e. The van der Waals surface area contributed by atoms with Gasteiger partial charge in [0.1, 0.15) is 0 Å². The van der Waals surface area contributed by atoms with E-state index in [1.807, 2.05) is 16.8 Å². The molecule has 0 bridgehead atoms. The third kappa shape index (κ3) is 3.27. The fourth-order valence-corrected chi connectivity index (χ4v) is 3.68. The van der Waals surface area contributed by atoms with Crippen LogP contribution in [0, 0.1) is 5.92 Å².